The van der Waals surface area contributed by atoms with E-state index >= 15 is 0 Å². The summed E-state index contributed by atoms with van der Waals surface area (Å²) in [5, 5.41) is 0. The molecule has 0 aromatic carbocycles. The Morgan fingerprint density at radius 2 is 1.58 bits per heavy atom. The van der Waals surface area contributed by atoms with Gasteiger partial charge in [-0.15, -0.1) is 0 Å². The number of hydrogen-bond donors (Lipinski definition) is 0. The summed E-state index contributed by atoms with van der Waals surface area (Å²) in [5.74, 6) is 0. The van der Waals surface area contributed by atoms with Crippen LogP contribution in [0.3, 0.4) is 0 Å². The molecule has 0 aliphatic rings. The Hall–Kier alpha value is -0.0800. The highest BCUT2D eigenvalue weighted by atomic mass is 16.5. The molecule has 0 rings (SSSR count). The van der Waals surface area contributed by atoms with Gasteiger partial charge in [0.1, 0.15) is 0 Å². The molecule has 0 N–H and O–H groups in total. The van der Waals surface area contributed by atoms with Crippen molar-refractivity contribution >= 4 is 0 Å². The van der Waals surface area contributed by atoms with Crippen molar-refractivity contribution in [2.24, 2.45) is 5.41 Å². The zero-order valence-electron chi connectivity index (χ0n) is 8.85. The first-order valence-corrected chi connectivity index (χ1v) is 4.81. The summed E-state index contributed by atoms with van der Waals surface area (Å²) in [6.07, 6.45) is 2.24. The van der Waals surface area contributed by atoms with Gasteiger partial charge in [-0.05, 0) is 19.8 Å². The molecule has 74 valence electrons. The van der Waals surface area contributed by atoms with Crippen LogP contribution in [-0.2, 0) is 9.47 Å². The Morgan fingerprint density at radius 1 is 1.00 bits per heavy atom. The lowest BCUT2D eigenvalue weighted by Gasteiger charge is -2.30. The summed E-state index contributed by atoms with van der Waals surface area (Å²) in [4.78, 5) is 0. The molecule has 0 aromatic rings. The van der Waals surface area contributed by atoms with Crippen LogP contribution >= 0.6 is 0 Å². The molecule has 2 nitrogen and oxygen atoms in total. The highest BCUT2D eigenvalue weighted by molar-refractivity contribution is 4.75. The van der Waals surface area contributed by atoms with Crippen LogP contribution in [0.2, 0.25) is 0 Å². The first-order chi connectivity index (χ1) is 5.74. The van der Waals surface area contributed by atoms with Crippen LogP contribution in [0.5, 0.6) is 0 Å². The standard InChI is InChI=1S/C10H22O2/c1-5-10(6-2,8-11-4)9-12-7-3/h5-9H2,1-4H3. The zero-order valence-corrected chi connectivity index (χ0v) is 8.85. The minimum atomic E-state index is 0.241. The van der Waals surface area contributed by atoms with E-state index in [4.69, 9.17) is 9.47 Å². The molecule has 12 heavy (non-hydrogen) atoms. The fourth-order valence-corrected chi connectivity index (χ4v) is 1.32. The lowest BCUT2D eigenvalue weighted by atomic mass is 9.84. The molecule has 0 unspecified atom stereocenters. The lowest BCUT2D eigenvalue weighted by molar-refractivity contribution is -0.00930. The minimum Gasteiger partial charge on any atom is -0.384 e. The Kier molecular flexibility index (Phi) is 6.39. The van der Waals surface area contributed by atoms with Gasteiger partial charge in [0.25, 0.3) is 0 Å². The van der Waals surface area contributed by atoms with E-state index in [1.54, 1.807) is 7.11 Å². The fourth-order valence-electron chi connectivity index (χ4n) is 1.32. The first-order valence-electron chi connectivity index (χ1n) is 4.81. The summed E-state index contributed by atoms with van der Waals surface area (Å²) in [5.41, 5.74) is 0.241. The van der Waals surface area contributed by atoms with Crippen LogP contribution in [0.4, 0.5) is 0 Å². The largest absolute Gasteiger partial charge is 0.384 e. The molecule has 0 spiro atoms. The predicted molar refractivity (Wildman–Crippen MR) is 51.4 cm³/mol. The van der Waals surface area contributed by atoms with Gasteiger partial charge in [0.15, 0.2) is 0 Å². The molecule has 0 aliphatic carbocycles. The van der Waals surface area contributed by atoms with E-state index in [0.29, 0.717) is 0 Å². The predicted octanol–water partition coefficient (Wildman–Crippen LogP) is 2.48. The second-order valence-electron chi connectivity index (χ2n) is 3.28. The van der Waals surface area contributed by atoms with E-state index < -0.39 is 0 Å². The van der Waals surface area contributed by atoms with Crippen LogP contribution in [0, 0.1) is 5.41 Å². The van der Waals surface area contributed by atoms with Gasteiger partial charge in [0.2, 0.25) is 0 Å². The lowest BCUT2D eigenvalue weighted by Crippen LogP contribution is -2.30. The van der Waals surface area contributed by atoms with E-state index in [-0.39, 0.29) is 5.41 Å². The van der Waals surface area contributed by atoms with Crippen LogP contribution in [0.25, 0.3) is 0 Å². The van der Waals surface area contributed by atoms with Gasteiger partial charge in [-0.25, -0.2) is 0 Å². The number of rotatable bonds is 7. The van der Waals surface area contributed by atoms with Gasteiger partial charge >= 0.3 is 0 Å². The van der Waals surface area contributed by atoms with E-state index in [1.165, 1.54) is 0 Å². The minimum absolute atomic E-state index is 0.241. The average molecular weight is 174 g/mol. The second-order valence-corrected chi connectivity index (χ2v) is 3.28. The number of methoxy groups -OCH3 is 1. The molecule has 0 bridgehead atoms. The summed E-state index contributed by atoms with van der Waals surface area (Å²) >= 11 is 0. The summed E-state index contributed by atoms with van der Waals surface area (Å²) < 4.78 is 10.7. The maximum absolute atomic E-state index is 5.45. The number of hydrogen-bond acceptors (Lipinski definition) is 2. The van der Waals surface area contributed by atoms with Gasteiger partial charge in [0, 0.05) is 19.1 Å². The van der Waals surface area contributed by atoms with E-state index in [1.807, 2.05) is 6.92 Å². The van der Waals surface area contributed by atoms with Crippen LogP contribution in [0.1, 0.15) is 33.6 Å². The smallest absolute Gasteiger partial charge is 0.0544 e. The van der Waals surface area contributed by atoms with Crippen molar-refractivity contribution in [2.45, 2.75) is 33.6 Å². The van der Waals surface area contributed by atoms with Crippen molar-refractivity contribution in [3.8, 4) is 0 Å². The van der Waals surface area contributed by atoms with Gasteiger partial charge in [-0.3, -0.25) is 0 Å². The Balaban J connectivity index is 3.95. The normalized spacial score (nSPS) is 12.0. The van der Waals surface area contributed by atoms with E-state index in [9.17, 15) is 0 Å². The van der Waals surface area contributed by atoms with Crippen molar-refractivity contribution in [1.82, 2.24) is 0 Å². The Bertz CT molecular complexity index is 98.0. The topological polar surface area (TPSA) is 18.5 Å². The Morgan fingerprint density at radius 3 is 1.92 bits per heavy atom. The molecule has 0 saturated carbocycles. The maximum Gasteiger partial charge on any atom is 0.0544 e. The van der Waals surface area contributed by atoms with Crippen molar-refractivity contribution in [1.29, 1.82) is 0 Å². The third-order valence-electron chi connectivity index (χ3n) is 2.56. The van der Waals surface area contributed by atoms with Gasteiger partial charge in [-0.2, -0.15) is 0 Å². The SMILES string of the molecule is CCOCC(CC)(CC)COC. The Labute approximate surface area is 76.3 Å². The third kappa shape index (κ3) is 3.55. The molecule has 0 radical (unpaired) electrons. The highest BCUT2D eigenvalue weighted by Gasteiger charge is 2.25. The molecule has 0 fully saturated rings. The summed E-state index contributed by atoms with van der Waals surface area (Å²) in [7, 11) is 1.76. The molecule has 0 heterocycles. The maximum atomic E-state index is 5.45. The quantitative estimate of drug-likeness (QED) is 0.590. The molecule has 0 aliphatic heterocycles. The van der Waals surface area contributed by atoms with E-state index in [0.717, 1.165) is 32.7 Å². The van der Waals surface area contributed by atoms with E-state index in [2.05, 4.69) is 13.8 Å². The van der Waals surface area contributed by atoms with Crippen molar-refractivity contribution in [3.63, 3.8) is 0 Å². The van der Waals surface area contributed by atoms with Gasteiger partial charge < -0.3 is 9.47 Å². The zero-order chi connectivity index (χ0) is 9.45. The molecule has 0 amide bonds. The van der Waals surface area contributed by atoms with Gasteiger partial charge in [0.05, 0.1) is 13.2 Å². The fraction of sp³-hybridized carbons (Fsp3) is 1.00. The van der Waals surface area contributed by atoms with Crippen LogP contribution in [0.15, 0.2) is 0 Å². The molecule has 2 heteroatoms. The monoisotopic (exact) mass is 174 g/mol. The van der Waals surface area contributed by atoms with Crippen LogP contribution in [-0.4, -0.2) is 26.9 Å². The third-order valence-corrected chi connectivity index (χ3v) is 2.56. The van der Waals surface area contributed by atoms with Crippen molar-refractivity contribution in [2.75, 3.05) is 26.9 Å². The highest BCUT2D eigenvalue weighted by Crippen LogP contribution is 2.26. The molecular formula is C10H22O2. The summed E-state index contributed by atoms with van der Waals surface area (Å²) in [6, 6.07) is 0. The second kappa shape index (κ2) is 6.44. The number of ether oxygens (including phenoxy) is 2. The first kappa shape index (κ1) is 11.9. The summed E-state index contributed by atoms with van der Waals surface area (Å²) in [6.45, 7) is 8.85. The van der Waals surface area contributed by atoms with Crippen molar-refractivity contribution in [3.05, 3.63) is 0 Å². The molecule has 0 saturated heterocycles. The van der Waals surface area contributed by atoms with Gasteiger partial charge in [-0.1, -0.05) is 13.8 Å². The molecular weight excluding hydrogens is 152 g/mol. The average Bonchev–Trinajstić information content (AvgIpc) is 2.13. The molecule has 0 atom stereocenters. The van der Waals surface area contributed by atoms with Crippen molar-refractivity contribution < 1.29 is 9.47 Å². The molecule has 0 aromatic heterocycles. The van der Waals surface area contributed by atoms with Crippen LogP contribution < -0.4 is 0 Å².